The van der Waals surface area contributed by atoms with Crippen molar-refractivity contribution in [1.29, 1.82) is 0 Å². The fourth-order valence-corrected chi connectivity index (χ4v) is 2.41. The summed E-state index contributed by atoms with van der Waals surface area (Å²) in [5.41, 5.74) is 6.55. The lowest BCUT2D eigenvalue weighted by atomic mass is 10.2. The number of anilines is 1. The van der Waals surface area contributed by atoms with Gasteiger partial charge in [-0.15, -0.1) is 11.3 Å². The summed E-state index contributed by atoms with van der Waals surface area (Å²) >= 11 is 1.64. The van der Waals surface area contributed by atoms with Crippen LogP contribution in [0.25, 0.3) is 0 Å². The van der Waals surface area contributed by atoms with Crippen molar-refractivity contribution in [1.82, 2.24) is 4.98 Å². The molecule has 0 spiro atoms. The van der Waals surface area contributed by atoms with Crippen LogP contribution in [0.2, 0.25) is 0 Å². The first-order chi connectivity index (χ1) is 7.38. The highest BCUT2D eigenvalue weighted by Crippen LogP contribution is 2.17. The van der Waals surface area contributed by atoms with Gasteiger partial charge in [-0.05, 0) is 19.4 Å². The minimum Gasteiger partial charge on any atom is -0.376 e. The van der Waals surface area contributed by atoms with Gasteiger partial charge in [-0.1, -0.05) is 0 Å². The Balaban J connectivity index is 1.77. The molecule has 2 rings (SSSR count). The molecule has 4 nitrogen and oxygen atoms in total. The van der Waals surface area contributed by atoms with E-state index >= 15 is 0 Å². The quantitative estimate of drug-likeness (QED) is 0.794. The van der Waals surface area contributed by atoms with Crippen LogP contribution in [0.4, 0.5) is 5.13 Å². The molecule has 1 aliphatic rings. The number of hydrogen-bond acceptors (Lipinski definition) is 5. The van der Waals surface area contributed by atoms with Gasteiger partial charge in [0.05, 0.1) is 11.8 Å². The maximum absolute atomic E-state index is 5.52. The molecule has 1 aromatic rings. The maximum Gasteiger partial charge on any atom is 0.182 e. The Morgan fingerprint density at radius 3 is 3.33 bits per heavy atom. The van der Waals surface area contributed by atoms with Crippen LogP contribution in [0.1, 0.15) is 18.5 Å². The Labute approximate surface area is 93.8 Å². The number of nitrogens with one attached hydrogen (secondary N) is 1. The molecule has 1 aromatic heterocycles. The van der Waals surface area contributed by atoms with Crippen molar-refractivity contribution in [3.8, 4) is 0 Å². The number of aromatic nitrogens is 1. The van der Waals surface area contributed by atoms with E-state index in [0.29, 0.717) is 12.6 Å². The molecule has 0 bridgehead atoms. The second-order valence-corrected chi connectivity index (χ2v) is 4.56. The van der Waals surface area contributed by atoms with Gasteiger partial charge in [0.15, 0.2) is 5.13 Å². The van der Waals surface area contributed by atoms with Crippen LogP contribution < -0.4 is 11.1 Å². The summed E-state index contributed by atoms with van der Waals surface area (Å²) in [6.45, 7) is 2.44. The molecule has 84 valence electrons. The topological polar surface area (TPSA) is 60.2 Å². The van der Waals surface area contributed by atoms with Crippen molar-refractivity contribution >= 4 is 16.5 Å². The number of rotatable bonds is 5. The molecule has 2 heterocycles. The molecule has 1 fully saturated rings. The van der Waals surface area contributed by atoms with Gasteiger partial charge >= 0.3 is 0 Å². The van der Waals surface area contributed by atoms with Gasteiger partial charge in [0.1, 0.15) is 0 Å². The Morgan fingerprint density at radius 1 is 1.67 bits per heavy atom. The average molecular weight is 227 g/mol. The van der Waals surface area contributed by atoms with Crippen LogP contribution in [0.3, 0.4) is 0 Å². The van der Waals surface area contributed by atoms with Crippen LogP contribution >= 0.6 is 11.3 Å². The van der Waals surface area contributed by atoms with E-state index in [1.54, 1.807) is 11.3 Å². The summed E-state index contributed by atoms with van der Waals surface area (Å²) in [6.07, 6.45) is 3.57. The van der Waals surface area contributed by atoms with Gasteiger partial charge < -0.3 is 15.8 Å². The van der Waals surface area contributed by atoms with E-state index in [0.717, 1.165) is 36.8 Å². The molecule has 0 aromatic carbocycles. The lowest BCUT2D eigenvalue weighted by molar-refractivity contribution is 0.120. The summed E-state index contributed by atoms with van der Waals surface area (Å²) < 4.78 is 5.52. The van der Waals surface area contributed by atoms with Gasteiger partial charge in [-0.25, -0.2) is 4.98 Å². The fourth-order valence-electron chi connectivity index (χ4n) is 1.66. The summed E-state index contributed by atoms with van der Waals surface area (Å²) in [5, 5.41) is 6.35. The van der Waals surface area contributed by atoms with Gasteiger partial charge in [0.25, 0.3) is 0 Å². The molecule has 1 unspecified atom stereocenters. The Kier molecular flexibility index (Phi) is 3.94. The van der Waals surface area contributed by atoms with Crippen molar-refractivity contribution in [2.45, 2.75) is 25.4 Å². The normalized spacial score (nSPS) is 20.7. The van der Waals surface area contributed by atoms with E-state index in [-0.39, 0.29) is 0 Å². The molecule has 15 heavy (non-hydrogen) atoms. The zero-order valence-corrected chi connectivity index (χ0v) is 9.55. The van der Waals surface area contributed by atoms with Crippen molar-refractivity contribution in [2.24, 2.45) is 5.73 Å². The lowest BCUT2D eigenvalue weighted by Crippen LogP contribution is -2.18. The Morgan fingerprint density at radius 2 is 2.60 bits per heavy atom. The average Bonchev–Trinajstić information content (AvgIpc) is 2.85. The zero-order chi connectivity index (χ0) is 10.5. The first-order valence-corrected chi connectivity index (χ1v) is 6.26. The molecule has 1 aliphatic heterocycles. The van der Waals surface area contributed by atoms with Gasteiger partial charge in [0, 0.05) is 25.0 Å². The second kappa shape index (κ2) is 5.44. The fraction of sp³-hybridized carbons (Fsp3) is 0.700. The van der Waals surface area contributed by atoms with Crippen molar-refractivity contribution < 1.29 is 4.74 Å². The number of ether oxygens (including phenoxy) is 1. The smallest absolute Gasteiger partial charge is 0.182 e. The van der Waals surface area contributed by atoms with Crippen molar-refractivity contribution in [3.63, 3.8) is 0 Å². The minimum absolute atomic E-state index is 0.367. The first-order valence-electron chi connectivity index (χ1n) is 5.38. The maximum atomic E-state index is 5.52. The summed E-state index contributed by atoms with van der Waals surface area (Å²) in [5.74, 6) is 0. The van der Waals surface area contributed by atoms with E-state index < -0.39 is 0 Å². The molecule has 1 saturated heterocycles. The van der Waals surface area contributed by atoms with Gasteiger partial charge in [-0.2, -0.15) is 0 Å². The molecular formula is C10H17N3OS. The summed E-state index contributed by atoms with van der Waals surface area (Å²) in [6, 6.07) is 0. The third-order valence-electron chi connectivity index (χ3n) is 2.46. The molecule has 0 aliphatic carbocycles. The van der Waals surface area contributed by atoms with Crippen LogP contribution in [0.5, 0.6) is 0 Å². The van der Waals surface area contributed by atoms with Crippen LogP contribution in [-0.4, -0.2) is 30.8 Å². The molecule has 1 atom stereocenters. The second-order valence-electron chi connectivity index (χ2n) is 3.70. The van der Waals surface area contributed by atoms with Crippen LogP contribution in [0, 0.1) is 0 Å². The van der Waals surface area contributed by atoms with E-state index in [1.165, 1.54) is 6.42 Å². The molecule has 0 saturated carbocycles. The predicted octanol–water partition coefficient (Wildman–Crippen LogP) is 1.24. The van der Waals surface area contributed by atoms with Crippen LogP contribution in [-0.2, 0) is 11.2 Å². The highest BCUT2D eigenvalue weighted by molar-refractivity contribution is 7.13. The third-order valence-corrected chi connectivity index (χ3v) is 3.31. The Hall–Kier alpha value is -0.650. The van der Waals surface area contributed by atoms with Crippen molar-refractivity contribution in [3.05, 3.63) is 11.1 Å². The zero-order valence-electron chi connectivity index (χ0n) is 8.74. The van der Waals surface area contributed by atoms with E-state index in [9.17, 15) is 0 Å². The number of thiazole rings is 1. The van der Waals surface area contributed by atoms with Gasteiger partial charge in [0.2, 0.25) is 0 Å². The highest BCUT2D eigenvalue weighted by Gasteiger charge is 2.15. The molecule has 5 heteroatoms. The Bertz CT molecular complexity index is 297. The third kappa shape index (κ3) is 3.15. The van der Waals surface area contributed by atoms with E-state index in [1.807, 2.05) is 0 Å². The standard InChI is InChI=1S/C10H17N3OS/c11-4-3-8-7-15-10(13-8)12-6-9-2-1-5-14-9/h7,9H,1-6,11H2,(H,12,13). The number of hydrogen-bond donors (Lipinski definition) is 2. The molecule has 3 N–H and O–H groups in total. The molecular weight excluding hydrogens is 210 g/mol. The SMILES string of the molecule is NCCc1csc(NCC2CCCO2)n1. The lowest BCUT2D eigenvalue weighted by Gasteiger charge is -2.08. The summed E-state index contributed by atoms with van der Waals surface area (Å²) in [4.78, 5) is 4.43. The van der Waals surface area contributed by atoms with E-state index in [4.69, 9.17) is 10.5 Å². The summed E-state index contributed by atoms with van der Waals surface area (Å²) in [7, 11) is 0. The predicted molar refractivity (Wildman–Crippen MR) is 62.3 cm³/mol. The first kappa shape index (κ1) is 10.9. The monoisotopic (exact) mass is 227 g/mol. The van der Waals surface area contributed by atoms with Gasteiger partial charge in [-0.3, -0.25) is 0 Å². The number of nitrogens with two attached hydrogens (primary N) is 1. The highest BCUT2D eigenvalue weighted by atomic mass is 32.1. The minimum atomic E-state index is 0.367. The van der Waals surface area contributed by atoms with Crippen LogP contribution in [0.15, 0.2) is 5.38 Å². The largest absolute Gasteiger partial charge is 0.376 e. The number of nitrogens with zero attached hydrogens (tertiary/aromatic N) is 1. The van der Waals surface area contributed by atoms with E-state index in [2.05, 4.69) is 15.7 Å². The molecule has 0 radical (unpaired) electrons. The van der Waals surface area contributed by atoms with Crippen molar-refractivity contribution in [2.75, 3.05) is 25.0 Å². The molecule has 0 amide bonds.